The van der Waals surface area contributed by atoms with Gasteiger partial charge in [-0.1, -0.05) is 55.4 Å². The quantitative estimate of drug-likeness (QED) is 0.0568. The van der Waals surface area contributed by atoms with Gasteiger partial charge in [0.1, 0.15) is 23.8 Å². The van der Waals surface area contributed by atoms with Gasteiger partial charge in [0.2, 0.25) is 17.7 Å². The van der Waals surface area contributed by atoms with E-state index in [0.717, 1.165) is 137 Å². The summed E-state index contributed by atoms with van der Waals surface area (Å²) in [4.78, 5) is 60.4. The minimum atomic E-state index is -0.805. The van der Waals surface area contributed by atoms with Gasteiger partial charge in [0, 0.05) is 133 Å². The Labute approximate surface area is 499 Å². The molecule has 22 nitrogen and oxygen atoms in total. The molecule has 6 aliphatic rings. The van der Waals surface area contributed by atoms with E-state index in [1.54, 1.807) is 23.5 Å². The molecule has 6 fully saturated rings. The summed E-state index contributed by atoms with van der Waals surface area (Å²) in [6.07, 6.45) is 7.74. The second-order valence-corrected chi connectivity index (χ2v) is 24.7. The Morgan fingerprint density at radius 3 is 2.22 bits per heavy atom. The SMILES string of the molecule is Cc1ncsc1-c1ccc(C(C)NC(=O)[C@@H]2C[C@@H](O)CN2C(=O)C(c2cc(N3CCN(CCN4CCC(OC5CC(Oc6cc(N7C8CCC7CN(c7cc(-c9ccccc9O)nnc7N)C8)ccn6)C5)CC4)CC3)no2)C(C)C)cc1.O=CO. The van der Waals surface area contributed by atoms with E-state index in [-0.39, 0.29) is 67.3 Å². The number of aromatic hydroxyl groups is 1. The maximum Gasteiger partial charge on any atom is 0.290 e. The number of piperazine rings is 2. The number of β-amino-alcohol motifs (C(OH)–C–C–N with tert-alkyl or cyclic N) is 1. The summed E-state index contributed by atoms with van der Waals surface area (Å²) in [5, 5.41) is 44.3. The fourth-order valence-electron chi connectivity index (χ4n) is 13.2. The van der Waals surface area contributed by atoms with Crippen LogP contribution in [0.3, 0.4) is 0 Å². The maximum absolute atomic E-state index is 14.4. The number of rotatable bonds is 18. The molecule has 12 rings (SSSR count). The highest BCUT2D eigenvalue weighted by atomic mass is 32.1. The number of carbonyl (C=O) groups excluding carboxylic acids is 2. The summed E-state index contributed by atoms with van der Waals surface area (Å²) in [6.45, 7) is 16.8. The predicted octanol–water partition coefficient (Wildman–Crippen LogP) is 6.60. The lowest BCUT2D eigenvalue weighted by atomic mass is 9.91. The van der Waals surface area contributed by atoms with Crippen LogP contribution in [0, 0.1) is 12.8 Å². The number of hydrogen-bond acceptors (Lipinski definition) is 20. The molecule has 452 valence electrons. The van der Waals surface area contributed by atoms with Crippen molar-refractivity contribution in [2.45, 2.75) is 127 Å². The summed E-state index contributed by atoms with van der Waals surface area (Å²) in [5.74, 6) is 1.09. The van der Waals surface area contributed by atoms with Gasteiger partial charge in [0.05, 0.1) is 51.8 Å². The molecule has 85 heavy (non-hydrogen) atoms. The molecule has 23 heteroatoms. The second kappa shape index (κ2) is 26.4. The molecule has 5 saturated heterocycles. The Morgan fingerprint density at radius 2 is 1.54 bits per heavy atom. The molecule has 4 unspecified atom stereocenters. The minimum Gasteiger partial charge on any atom is -0.507 e. The van der Waals surface area contributed by atoms with E-state index in [2.05, 4.69) is 67.3 Å². The van der Waals surface area contributed by atoms with Gasteiger partial charge < -0.3 is 64.9 Å². The predicted molar refractivity (Wildman–Crippen MR) is 324 cm³/mol. The molecule has 1 aliphatic carbocycles. The fourth-order valence-corrected chi connectivity index (χ4v) is 14.0. The number of aliphatic hydroxyl groups excluding tert-OH is 1. The van der Waals surface area contributed by atoms with Crippen LogP contribution in [-0.2, 0) is 19.1 Å². The van der Waals surface area contributed by atoms with Gasteiger partial charge in [-0.2, -0.15) is 0 Å². The minimum absolute atomic E-state index is 0.0816. The van der Waals surface area contributed by atoms with E-state index in [4.69, 9.17) is 29.6 Å². The Balaban J connectivity index is 0.00000246. The lowest BCUT2D eigenvalue weighted by molar-refractivity contribution is -0.141. The van der Waals surface area contributed by atoms with Crippen molar-refractivity contribution in [1.82, 2.24) is 45.3 Å². The van der Waals surface area contributed by atoms with Crippen molar-refractivity contribution in [3.05, 3.63) is 102 Å². The summed E-state index contributed by atoms with van der Waals surface area (Å²) in [5.41, 5.74) is 14.5. The number of hydrogen-bond donors (Lipinski definition) is 5. The van der Waals surface area contributed by atoms with Gasteiger partial charge in [-0.05, 0) is 80.8 Å². The number of aliphatic hydroxyl groups is 1. The Morgan fingerprint density at radius 1 is 0.835 bits per heavy atom. The zero-order chi connectivity index (χ0) is 59.3. The molecule has 5 aliphatic heterocycles. The molecule has 1 saturated carbocycles. The highest BCUT2D eigenvalue weighted by Gasteiger charge is 2.45. The smallest absolute Gasteiger partial charge is 0.290 e. The first-order chi connectivity index (χ1) is 41.2. The Bertz CT molecular complexity index is 3220. The number of piperidine rings is 1. The fraction of sp³-hybridized carbons (Fsp3) is 0.516. The number of aromatic nitrogens is 5. The number of nitrogen functional groups attached to an aromatic ring is 1. The van der Waals surface area contributed by atoms with Crippen LogP contribution in [-0.4, -0.2) is 188 Å². The van der Waals surface area contributed by atoms with Gasteiger partial charge in [0.15, 0.2) is 17.4 Å². The molecule has 2 bridgehead atoms. The average molecular weight is 1180 g/mol. The van der Waals surface area contributed by atoms with Crippen molar-refractivity contribution < 1.29 is 43.7 Å². The molecule has 2 aromatic carbocycles. The van der Waals surface area contributed by atoms with Gasteiger partial charge in [-0.25, -0.2) is 9.97 Å². The number of anilines is 4. The van der Waals surface area contributed by atoms with Gasteiger partial charge in [-0.15, -0.1) is 21.5 Å². The highest BCUT2D eigenvalue weighted by molar-refractivity contribution is 7.13. The summed E-state index contributed by atoms with van der Waals surface area (Å²) < 4.78 is 19.0. The Kier molecular flexibility index (Phi) is 18.4. The molecule has 4 aromatic heterocycles. The van der Waals surface area contributed by atoms with Gasteiger partial charge in [-0.3, -0.25) is 19.3 Å². The zero-order valence-electron chi connectivity index (χ0n) is 48.9. The van der Waals surface area contributed by atoms with Crippen LogP contribution in [0.5, 0.6) is 11.6 Å². The largest absolute Gasteiger partial charge is 0.507 e. The van der Waals surface area contributed by atoms with Crippen molar-refractivity contribution in [2.24, 2.45) is 5.92 Å². The molecular formula is C62H79N13O9S. The number of ether oxygens (including phenoxy) is 2. The standard InChI is InChI=1S/C61H77N13O7S.CH2O2/c1-37(2)57(61(78)73-35-45(75)28-52(73)60(77)65-38(3)40-9-11-41(12-10-40)58-39(4)64-36-82-58)54-32-55(68-81-54)71-25-23-70(24-26-71)22-21-69-19-16-46(17-20-69)79-47-29-48(30-47)80-56-27-42(15-18-63-56)74-43-13-14-44(74)34-72(33-43)51-31-50(66-67-59(51)62)49-7-5-6-8-53(49)76;2-1-3/h5-12,15,18,27,31-32,36-38,43-48,52,57,75-76H,13-14,16-17,19-26,28-30,33-35H2,1-4H3,(H2,62,67)(H,65,77);1H,(H,2,3)/t38?,43?,44?,45-,47?,48?,52+,57?;/m1./s1. The number of phenolic OH excluding ortho intramolecular Hbond substituents is 1. The number of carboxylic acid groups (broad SMARTS) is 1. The number of likely N-dealkylation sites (tertiary alicyclic amines) is 2. The van der Waals surface area contributed by atoms with Gasteiger partial charge in [0.25, 0.3) is 6.47 Å². The van der Waals surface area contributed by atoms with Crippen LogP contribution in [0.1, 0.15) is 94.7 Å². The second-order valence-electron chi connectivity index (χ2n) is 23.8. The van der Waals surface area contributed by atoms with Crippen LogP contribution in [0.15, 0.2) is 89.0 Å². The van der Waals surface area contributed by atoms with Crippen LogP contribution in [0.4, 0.5) is 23.0 Å². The number of nitrogens with two attached hydrogens (primary N) is 1. The van der Waals surface area contributed by atoms with Crippen LogP contribution in [0.2, 0.25) is 0 Å². The van der Waals surface area contributed by atoms with Crippen molar-refractivity contribution in [2.75, 3.05) is 92.4 Å². The average Bonchev–Trinajstić information content (AvgIpc) is 4.36. The molecule has 0 radical (unpaired) electrons. The molecule has 6 N–H and O–H groups in total. The normalized spacial score (nSPS) is 23.5. The molecule has 0 spiro atoms. The number of pyridine rings is 1. The first-order valence-corrected chi connectivity index (χ1v) is 30.8. The summed E-state index contributed by atoms with van der Waals surface area (Å²) >= 11 is 1.60. The van der Waals surface area contributed by atoms with Crippen molar-refractivity contribution in [3.8, 4) is 33.3 Å². The van der Waals surface area contributed by atoms with E-state index in [1.165, 1.54) is 4.90 Å². The number of fused-ring (bicyclic) bond motifs is 2. The number of thiazole rings is 1. The number of benzene rings is 2. The summed E-state index contributed by atoms with van der Waals surface area (Å²) in [6, 6.07) is 22.8. The lowest BCUT2D eigenvalue weighted by Gasteiger charge is -2.43. The highest BCUT2D eigenvalue weighted by Crippen LogP contribution is 2.41. The number of nitrogens with zero attached hydrogens (tertiary/aromatic N) is 11. The summed E-state index contributed by atoms with van der Waals surface area (Å²) in [7, 11) is 0. The number of aryl methyl sites for hydroxylation is 1. The van der Waals surface area contributed by atoms with E-state index >= 15 is 0 Å². The number of phenols is 1. The van der Waals surface area contributed by atoms with E-state index in [1.807, 2.05) is 87.9 Å². The van der Waals surface area contributed by atoms with E-state index in [9.17, 15) is 19.8 Å². The first kappa shape index (κ1) is 59.3. The zero-order valence-corrected chi connectivity index (χ0v) is 49.7. The molecule has 6 atom stereocenters. The third-order valence-electron chi connectivity index (χ3n) is 17.9. The van der Waals surface area contributed by atoms with E-state index < -0.39 is 18.1 Å². The molecular weight excluding hydrogens is 1100 g/mol. The Hall–Kier alpha value is -7.44. The molecule has 6 aromatic rings. The van der Waals surface area contributed by atoms with E-state index in [0.29, 0.717) is 46.6 Å². The maximum atomic E-state index is 14.4. The van der Waals surface area contributed by atoms with Crippen molar-refractivity contribution in [3.63, 3.8) is 0 Å². The molecule has 9 heterocycles. The van der Waals surface area contributed by atoms with Crippen LogP contribution in [0.25, 0.3) is 21.7 Å². The topological polar surface area (TPSA) is 265 Å². The van der Waals surface area contributed by atoms with Crippen LogP contribution >= 0.6 is 11.3 Å². The van der Waals surface area contributed by atoms with Crippen LogP contribution < -0.4 is 30.5 Å². The third kappa shape index (κ3) is 13.5. The number of amides is 2. The molecule has 2 amide bonds. The first-order valence-electron chi connectivity index (χ1n) is 30.0. The van der Waals surface area contributed by atoms with Crippen molar-refractivity contribution in [1.29, 1.82) is 0 Å². The third-order valence-corrected chi connectivity index (χ3v) is 18.9. The number of nitrogens with one attached hydrogen (secondary N) is 1. The lowest BCUT2D eigenvalue weighted by Crippen LogP contribution is -2.54. The number of para-hydroxylation sites is 1. The number of carbonyl (C=O) groups is 3. The monoisotopic (exact) mass is 1180 g/mol. The van der Waals surface area contributed by atoms with Crippen molar-refractivity contribution >= 4 is 52.6 Å². The van der Waals surface area contributed by atoms with Gasteiger partial charge >= 0.3 is 0 Å².